The fourth-order valence-electron chi connectivity index (χ4n) is 10.0. The third-order valence-electron chi connectivity index (χ3n) is 12.2. The predicted octanol–water partition coefficient (Wildman–Crippen LogP) is 6.90. The monoisotopic (exact) mass is 436 g/mol. The van der Waals surface area contributed by atoms with Crippen LogP contribution in [0.4, 0.5) is 0 Å². The van der Waals surface area contributed by atoms with Crippen molar-refractivity contribution in [2.45, 2.75) is 86.5 Å². The number of rotatable bonds is 2. The Bertz CT molecular complexity index is 923. The van der Waals surface area contributed by atoms with E-state index < -0.39 is 0 Å². The Balaban J connectivity index is 1.62. The molecule has 0 aromatic rings. The van der Waals surface area contributed by atoms with E-state index in [9.17, 15) is 9.90 Å². The maximum absolute atomic E-state index is 12.8. The van der Waals surface area contributed by atoms with Crippen LogP contribution in [0, 0.1) is 50.7 Å². The van der Waals surface area contributed by atoms with E-state index in [0.29, 0.717) is 34.9 Å². The quantitative estimate of drug-likeness (QED) is 0.478. The molecule has 8 atom stereocenters. The molecular formula is C30H44O2. The maximum Gasteiger partial charge on any atom is 0.161 e. The van der Waals surface area contributed by atoms with E-state index in [0.717, 1.165) is 18.4 Å². The molecule has 0 aromatic carbocycles. The highest BCUT2D eigenvalue weighted by atomic mass is 16.3. The highest BCUT2D eigenvalue weighted by Gasteiger charge is 2.67. The summed E-state index contributed by atoms with van der Waals surface area (Å²) in [7, 11) is 0. The summed E-state index contributed by atoms with van der Waals surface area (Å²) in [5.41, 5.74) is 3.30. The van der Waals surface area contributed by atoms with Gasteiger partial charge in [-0.3, -0.25) is 4.79 Å². The van der Waals surface area contributed by atoms with E-state index >= 15 is 0 Å². The van der Waals surface area contributed by atoms with Crippen molar-refractivity contribution >= 4 is 5.78 Å². The Morgan fingerprint density at radius 3 is 2.44 bits per heavy atom. The van der Waals surface area contributed by atoms with Gasteiger partial charge in [-0.15, -0.1) is 0 Å². The van der Waals surface area contributed by atoms with Gasteiger partial charge in [-0.1, -0.05) is 65.8 Å². The van der Waals surface area contributed by atoms with Crippen molar-refractivity contribution < 1.29 is 9.90 Å². The molecule has 0 bridgehead atoms. The molecule has 0 amide bonds. The lowest BCUT2D eigenvalue weighted by molar-refractivity contribution is -0.156. The van der Waals surface area contributed by atoms with E-state index in [4.69, 9.17) is 0 Å². The maximum atomic E-state index is 12.8. The van der Waals surface area contributed by atoms with Crippen LogP contribution < -0.4 is 0 Å². The first kappa shape index (κ1) is 22.6. The van der Waals surface area contributed by atoms with Crippen molar-refractivity contribution in [1.29, 1.82) is 0 Å². The predicted molar refractivity (Wildman–Crippen MR) is 131 cm³/mol. The molecule has 3 fully saturated rings. The summed E-state index contributed by atoms with van der Waals surface area (Å²) in [5.74, 6) is 2.26. The third-order valence-corrected chi connectivity index (χ3v) is 12.2. The van der Waals surface area contributed by atoms with E-state index in [1.165, 1.54) is 32.1 Å². The summed E-state index contributed by atoms with van der Waals surface area (Å²) in [5, 5.41) is 9.95. The van der Waals surface area contributed by atoms with Crippen LogP contribution in [0.3, 0.4) is 0 Å². The minimum absolute atomic E-state index is 0.0694. The van der Waals surface area contributed by atoms with E-state index in [1.807, 2.05) is 6.08 Å². The first-order chi connectivity index (χ1) is 14.8. The highest BCUT2D eigenvalue weighted by molar-refractivity contribution is 5.95. The molecule has 176 valence electrons. The molecule has 5 rings (SSSR count). The second kappa shape index (κ2) is 6.71. The Hall–Kier alpha value is -1.15. The van der Waals surface area contributed by atoms with Gasteiger partial charge >= 0.3 is 0 Å². The largest absolute Gasteiger partial charge is 0.392 e. The number of carbonyl (C=O) groups excluding carboxylic acids is 1. The molecule has 5 aliphatic carbocycles. The summed E-state index contributed by atoms with van der Waals surface area (Å²) in [6.45, 7) is 18.9. The number of aliphatic hydroxyl groups excluding tert-OH is 1. The van der Waals surface area contributed by atoms with Gasteiger partial charge in [0.05, 0.1) is 6.61 Å². The lowest BCUT2D eigenvalue weighted by Crippen LogP contribution is -2.62. The van der Waals surface area contributed by atoms with Crippen molar-refractivity contribution in [3.05, 3.63) is 36.0 Å². The minimum atomic E-state index is -0.268. The Labute approximate surface area is 195 Å². The second-order valence-electron chi connectivity index (χ2n) is 13.7. The van der Waals surface area contributed by atoms with Gasteiger partial charge in [0.2, 0.25) is 0 Å². The van der Waals surface area contributed by atoms with Crippen molar-refractivity contribution in [2.24, 2.45) is 50.7 Å². The van der Waals surface area contributed by atoms with Crippen LogP contribution in [0.25, 0.3) is 0 Å². The summed E-state index contributed by atoms with van der Waals surface area (Å²) in [6, 6.07) is 0. The topological polar surface area (TPSA) is 37.3 Å². The van der Waals surface area contributed by atoms with Crippen LogP contribution in [-0.4, -0.2) is 17.5 Å². The van der Waals surface area contributed by atoms with Crippen LogP contribution >= 0.6 is 0 Å². The molecule has 0 radical (unpaired) electrons. The zero-order chi connectivity index (χ0) is 23.3. The van der Waals surface area contributed by atoms with Crippen molar-refractivity contribution in [3.8, 4) is 0 Å². The van der Waals surface area contributed by atoms with Crippen LogP contribution in [0.5, 0.6) is 0 Å². The van der Waals surface area contributed by atoms with Gasteiger partial charge in [0.15, 0.2) is 5.78 Å². The molecule has 0 heterocycles. The number of carbonyl (C=O) groups is 1. The Kier molecular flexibility index (Phi) is 4.75. The van der Waals surface area contributed by atoms with E-state index in [1.54, 1.807) is 5.57 Å². The van der Waals surface area contributed by atoms with Crippen molar-refractivity contribution in [1.82, 2.24) is 0 Å². The van der Waals surface area contributed by atoms with Gasteiger partial charge in [0.25, 0.3) is 0 Å². The average molecular weight is 437 g/mol. The number of allylic oxidation sites excluding steroid dienone is 4. The van der Waals surface area contributed by atoms with E-state index in [2.05, 4.69) is 60.3 Å². The summed E-state index contributed by atoms with van der Waals surface area (Å²) in [6.07, 6.45) is 15.3. The zero-order valence-electron chi connectivity index (χ0n) is 21.3. The Morgan fingerprint density at radius 2 is 1.75 bits per heavy atom. The van der Waals surface area contributed by atoms with Crippen LogP contribution in [0.2, 0.25) is 0 Å². The number of hydrogen-bond donors (Lipinski definition) is 1. The minimum Gasteiger partial charge on any atom is -0.392 e. The fraction of sp³-hybridized carbons (Fsp3) is 0.767. The highest BCUT2D eigenvalue weighted by Crippen LogP contribution is 2.75. The summed E-state index contributed by atoms with van der Waals surface area (Å²) < 4.78 is 0. The van der Waals surface area contributed by atoms with Gasteiger partial charge in [0.1, 0.15) is 0 Å². The molecule has 0 aromatic heterocycles. The molecule has 2 heteroatoms. The van der Waals surface area contributed by atoms with Gasteiger partial charge in [-0.25, -0.2) is 0 Å². The summed E-state index contributed by atoms with van der Waals surface area (Å²) >= 11 is 0. The number of hydrogen-bond acceptors (Lipinski definition) is 2. The number of ketones is 1. The van der Waals surface area contributed by atoms with Gasteiger partial charge in [-0.05, 0) is 102 Å². The number of aliphatic hydroxyl groups is 1. The lowest BCUT2D eigenvalue weighted by atomic mass is 9.35. The van der Waals surface area contributed by atoms with Crippen LogP contribution in [-0.2, 0) is 4.79 Å². The molecule has 5 aliphatic rings. The molecule has 0 aliphatic heterocycles. The zero-order valence-corrected chi connectivity index (χ0v) is 21.3. The second-order valence-corrected chi connectivity index (χ2v) is 13.7. The SMILES string of the molecule is C=C(CO)C1CCC2(C)CCC3(C)C(=CCC4C5(C)C=CC(=O)C(C)(C)C5CCC43C)C12. The molecular weight excluding hydrogens is 392 g/mol. The van der Waals surface area contributed by atoms with Crippen molar-refractivity contribution in [3.63, 3.8) is 0 Å². The van der Waals surface area contributed by atoms with Gasteiger partial charge in [0, 0.05) is 5.41 Å². The van der Waals surface area contributed by atoms with Gasteiger partial charge in [-0.2, -0.15) is 0 Å². The van der Waals surface area contributed by atoms with Crippen molar-refractivity contribution in [2.75, 3.05) is 6.61 Å². The fourth-order valence-corrected chi connectivity index (χ4v) is 10.0. The molecule has 0 spiro atoms. The molecule has 2 nitrogen and oxygen atoms in total. The van der Waals surface area contributed by atoms with E-state index in [-0.39, 0.29) is 28.3 Å². The lowest BCUT2D eigenvalue weighted by Gasteiger charge is -2.69. The molecule has 0 saturated heterocycles. The normalized spacial score (nSPS) is 51.2. The third kappa shape index (κ3) is 2.54. The molecule has 32 heavy (non-hydrogen) atoms. The van der Waals surface area contributed by atoms with Gasteiger partial charge < -0.3 is 5.11 Å². The summed E-state index contributed by atoms with van der Waals surface area (Å²) in [4.78, 5) is 12.8. The standard InChI is InChI=1S/C30H44O2/c1-19(18-31)20-10-13-27(4)16-17-29(6)21(25(20)27)8-9-23-28(5)14-12-24(32)26(2,3)22(28)11-15-30(23,29)7/h8,12,14,20,22-23,25,31H,1,9-11,13,15-18H2,2-7H3. The molecule has 1 N–H and O–H groups in total. The molecule has 8 unspecified atom stereocenters. The first-order valence-electron chi connectivity index (χ1n) is 13.1. The van der Waals surface area contributed by atoms with Crippen LogP contribution in [0.1, 0.15) is 86.5 Å². The number of fused-ring (bicyclic) bond motifs is 7. The smallest absolute Gasteiger partial charge is 0.161 e. The molecule has 3 saturated carbocycles. The Morgan fingerprint density at radius 1 is 1.03 bits per heavy atom. The first-order valence-corrected chi connectivity index (χ1v) is 13.1. The average Bonchev–Trinajstić information content (AvgIpc) is 3.09. The van der Waals surface area contributed by atoms with Crippen LogP contribution in [0.15, 0.2) is 36.0 Å².